The van der Waals surface area contributed by atoms with Crippen molar-refractivity contribution in [2.75, 3.05) is 54.5 Å². The molecule has 0 spiro atoms. The standard InChI is InChI=1S/C33H35FN6O4/c1-37-18-27(36-32(33(37)43)35-22-6-8-23(9-7-22)38-12-14-44-15-13-38)25-16-21(34)17-29(26(25)20-41)39-10-11-40-28-5-3-2-4-24(28)31(42)30(40)19-39/h6-9,16-19,41H,2-5,10-15,20H2,1H3,(H,35,36). The van der Waals surface area contributed by atoms with Crippen LogP contribution in [0.1, 0.15) is 31.2 Å². The molecule has 0 saturated carbocycles. The molecule has 0 unspecified atom stereocenters. The van der Waals surface area contributed by atoms with Gasteiger partial charge in [-0.2, -0.15) is 0 Å². The number of aliphatic hydroxyl groups excluding tert-OH is 1. The highest BCUT2D eigenvalue weighted by Crippen LogP contribution is 2.41. The molecule has 11 heteroatoms. The Kier molecular flexibility index (Phi) is 7.43. The first-order chi connectivity index (χ1) is 21.4. The molecule has 0 atom stereocenters. The van der Waals surface area contributed by atoms with Gasteiger partial charge in [0.25, 0.3) is 5.56 Å². The molecule has 2 N–H and O–H groups in total. The van der Waals surface area contributed by atoms with E-state index in [1.807, 2.05) is 29.2 Å². The van der Waals surface area contributed by atoms with Crippen LogP contribution in [-0.2, 0) is 23.2 Å². The van der Waals surface area contributed by atoms with Gasteiger partial charge < -0.3 is 34.4 Å². The van der Waals surface area contributed by atoms with E-state index in [1.54, 1.807) is 19.4 Å². The van der Waals surface area contributed by atoms with Gasteiger partial charge in [-0.1, -0.05) is 0 Å². The SMILES string of the molecule is Cn1cc(-c2cc(F)cc(N3C=C4C(=O)C5=C(CCCC5)N4CC3)c2CO)nc(Nc2ccc(N3CCOCC3)cc2)c1=O. The minimum absolute atomic E-state index is 0.0417. The van der Waals surface area contributed by atoms with Crippen molar-refractivity contribution in [1.29, 1.82) is 0 Å². The number of benzene rings is 2. The lowest BCUT2D eigenvalue weighted by atomic mass is 9.96. The number of fused-ring (bicyclic) bond motifs is 2. The van der Waals surface area contributed by atoms with Gasteiger partial charge in [-0.3, -0.25) is 9.59 Å². The summed E-state index contributed by atoms with van der Waals surface area (Å²) in [4.78, 5) is 37.1. The van der Waals surface area contributed by atoms with Gasteiger partial charge in [-0.15, -0.1) is 0 Å². The summed E-state index contributed by atoms with van der Waals surface area (Å²) >= 11 is 0. The molecule has 2 aromatic carbocycles. The minimum atomic E-state index is -0.507. The van der Waals surface area contributed by atoms with Crippen molar-refractivity contribution >= 4 is 28.7 Å². The summed E-state index contributed by atoms with van der Waals surface area (Å²) in [5, 5.41) is 13.7. The quantitative estimate of drug-likeness (QED) is 0.435. The van der Waals surface area contributed by atoms with Crippen molar-refractivity contribution in [1.82, 2.24) is 14.5 Å². The molecule has 1 saturated heterocycles. The molecule has 1 aromatic heterocycles. The second kappa shape index (κ2) is 11.5. The number of aliphatic hydroxyl groups is 1. The Morgan fingerprint density at radius 3 is 2.57 bits per heavy atom. The van der Waals surface area contributed by atoms with Crippen LogP contribution >= 0.6 is 0 Å². The molecule has 7 rings (SSSR count). The molecule has 10 nitrogen and oxygen atoms in total. The number of aryl methyl sites for hydroxylation is 1. The summed E-state index contributed by atoms with van der Waals surface area (Å²) < 4.78 is 22.1. The number of hydrogen-bond donors (Lipinski definition) is 2. The van der Waals surface area contributed by atoms with Crippen molar-refractivity contribution in [3.8, 4) is 11.3 Å². The van der Waals surface area contributed by atoms with E-state index in [-0.39, 0.29) is 23.8 Å². The fraction of sp³-hybridized carbons (Fsp3) is 0.364. The van der Waals surface area contributed by atoms with E-state index in [0.29, 0.717) is 60.2 Å². The zero-order chi connectivity index (χ0) is 30.4. The average molecular weight is 599 g/mol. The fourth-order valence-electron chi connectivity index (χ4n) is 6.65. The molecular weight excluding hydrogens is 563 g/mol. The zero-order valence-electron chi connectivity index (χ0n) is 24.7. The average Bonchev–Trinajstić information content (AvgIpc) is 3.34. The highest BCUT2D eigenvalue weighted by molar-refractivity contribution is 6.11. The van der Waals surface area contributed by atoms with Gasteiger partial charge in [0.15, 0.2) is 5.82 Å². The van der Waals surface area contributed by atoms with E-state index in [1.165, 1.54) is 16.7 Å². The van der Waals surface area contributed by atoms with Crippen molar-refractivity contribution in [3.63, 3.8) is 0 Å². The monoisotopic (exact) mass is 598 g/mol. The number of aromatic nitrogens is 2. The summed E-state index contributed by atoms with van der Waals surface area (Å²) in [6.07, 6.45) is 7.11. The number of morpholine rings is 1. The number of allylic oxidation sites excluding steroid dienone is 2. The molecule has 0 radical (unpaired) electrons. The lowest BCUT2D eigenvalue weighted by molar-refractivity contribution is -0.112. The minimum Gasteiger partial charge on any atom is -0.392 e. The van der Waals surface area contributed by atoms with E-state index in [0.717, 1.165) is 55.7 Å². The van der Waals surface area contributed by atoms with Crippen molar-refractivity contribution < 1.29 is 19.0 Å². The summed E-state index contributed by atoms with van der Waals surface area (Å²) in [7, 11) is 1.61. The molecule has 4 heterocycles. The van der Waals surface area contributed by atoms with E-state index < -0.39 is 5.82 Å². The number of carbonyl (C=O) groups is 1. The molecule has 1 aliphatic carbocycles. The number of nitrogens with one attached hydrogen (secondary N) is 1. The molecule has 1 fully saturated rings. The predicted octanol–water partition coefficient (Wildman–Crippen LogP) is 4.03. The second-order valence-electron chi connectivity index (χ2n) is 11.6. The second-order valence-corrected chi connectivity index (χ2v) is 11.6. The van der Waals surface area contributed by atoms with Crippen LogP contribution in [0.25, 0.3) is 11.3 Å². The number of nitrogens with zero attached hydrogens (tertiary/aromatic N) is 5. The number of anilines is 4. The highest BCUT2D eigenvalue weighted by Gasteiger charge is 2.38. The van der Waals surface area contributed by atoms with Gasteiger partial charge in [0.2, 0.25) is 5.78 Å². The van der Waals surface area contributed by atoms with Crippen LogP contribution in [0.15, 0.2) is 70.6 Å². The van der Waals surface area contributed by atoms with Gasteiger partial charge in [-0.05, 0) is 62.1 Å². The van der Waals surface area contributed by atoms with Crippen LogP contribution in [0.4, 0.5) is 27.3 Å². The van der Waals surface area contributed by atoms with Gasteiger partial charge in [0, 0.05) is 85.1 Å². The summed E-state index contributed by atoms with van der Waals surface area (Å²) in [5.74, 6) is -0.380. The van der Waals surface area contributed by atoms with E-state index >= 15 is 4.39 Å². The van der Waals surface area contributed by atoms with E-state index in [4.69, 9.17) is 4.74 Å². The first-order valence-electron chi connectivity index (χ1n) is 15.1. The summed E-state index contributed by atoms with van der Waals surface area (Å²) in [5.41, 5.74) is 5.69. The van der Waals surface area contributed by atoms with Gasteiger partial charge in [0.05, 0.1) is 25.5 Å². The molecule has 0 bridgehead atoms. The normalized spacial score (nSPS) is 18.4. The highest BCUT2D eigenvalue weighted by atomic mass is 19.1. The van der Waals surface area contributed by atoms with E-state index in [9.17, 15) is 14.7 Å². The van der Waals surface area contributed by atoms with Gasteiger partial charge in [-0.25, -0.2) is 9.37 Å². The Bertz CT molecular complexity index is 1740. The molecule has 3 aromatic rings. The number of carbonyl (C=O) groups excluding carboxylic acids is 1. The Morgan fingerprint density at radius 1 is 1.02 bits per heavy atom. The van der Waals surface area contributed by atoms with Crippen molar-refractivity contribution in [2.24, 2.45) is 7.05 Å². The van der Waals surface area contributed by atoms with Crippen molar-refractivity contribution in [2.45, 2.75) is 32.3 Å². The van der Waals surface area contributed by atoms with E-state index in [2.05, 4.69) is 20.1 Å². The van der Waals surface area contributed by atoms with Crippen LogP contribution in [0, 0.1) is 5.82 Å². The largest absolute Gasteiger partial charge is 0.392 e. The zero-order valence-corrected chi connectivity index (χ0v) is 24.7. The smallest absolute Gasteiger partial charge is 0.293 e. The number of ether oxygens (including phenoxy) is 1. The van der Waals surface area contributed by atoms with Crippen LogP contribution in [0.2, 0.25) is 0 Å². The van der Waals surface area contributed by atoms with Crippen LogP contribution in [-0.4, -0.2) is 64.7 Å². The first-order valence-corrected chi connectivity index (χ1v) is 15.1. The molecule has 3 aliphatic heterocycles. The fourth-order valence-corrected chi connectivity index (χ4v) is 6.65. The third kappa shape index (κ3) is 5.05. The van der Waals surface area contributed by atoms with Crippen LogP contribution in [0.3, 0.4) is 0 Å². The molecule has 0 amide bonds. The number of hydrogen-bond acceptors (Lipinski definition) is 9. The topological polar surface area (TPSA) is 103 Å². The lowest BCUT2D eigenvalue weighted by Crippen LogP contribution is -2.37. The third-order valence-electron chi connectivity index (χ3n) is 8.92. The van der Waals surface area contributed by atoms with Crippen LogP contribution in [0.5, 0.6) is 0 Å². The number of Topliss-reactive ketones (excluding diaryl/α,β-unsaturated/α-hetero) is 1. The Balaban J connectivity index is 1.21. The molecule has 228 valence electrons. The molecule has 44 heavy (non-hydrogen) atoms. The van der Waals surface area contributed by atoms with Gasteiger partial charge >= 0.3 is 0 Å². The maximum absolute atomic E-state index is 15.3. The lowest BCUT2D eigenvalue weighted by Gasteiger charge is -2.35. The summed E-state index contributed by atoms with van der Waals surface area (Å²) in [6.45, 7) is 3.77. The van der Waals surface area contributed by atoms with Gasteiger partial charge in [0.1, 0.15) is 11.5 Å². The molecule has 4 aliphatic rings. The number of ketones is 1. The maximum Gasteiger partial charge on any atom is 0.293 e. The first kappa shape index (κ1) is 28.3. The number of halogens is 1. The summed E-state index contributed by atoms with van der Waals surface area (Å²) in [6, 6.07) is 10.5. The molecular formula is C33H35FN6O4. The Labute approximate surface area is 254 Å². The Morgan fingerprint density at radius 2 is 1.80 bits per heavy atom. The maximum atomic E-state index is 15.3. The third-order valence-corrected chi connectivity index (χ3v) is 8.92. The Hall–Kier alpha value is -4.48. The van der Waals surface area contributed by atoms with Crippen molar-refractivity contribution in [3.05, 3.63) is 87.5 Å². The predicted molar refractivity (Wildman–Crippen MR) is 166 cm³/mol. The number of rotatable bonds is 6. The van der Waals surface area contributed by atoms with Crippen LogP contribution < -0.4 is 20.7 Å².